The first-order valence-corrected chi connectivity index (χ1v) is 8.91. The number of rotatable bonds is 5. The molecule has 1 atom stereocenters. The van der Waals surface area contributed by atoms with Crippen LogP contribution >= 0.6 is 0 Å². The molecule has 2 aromatic heterocycles. The molecule has 0 saturated heterocycles. The maximum Gasteiger partial charge on any atom is 0.344 e. The Labute approximate surface area is 165 Å². The van der Waals surface area contributed by atoms with Crippen LogP contribution in [0.4, 0.5) is 0 Å². The van der Waals surface area contributed by atoms with Gasteiger partial charge in [-0.15, -0.1) is 0 Å². The third-order valence-electron chi connectivity index (χ3n) is 4.63. The summed E-state index contributed by atoms with van der Waals surface area (Å²) >= 11 is 0. The van der Waals surface area contributed by atoms with Crippen LogP contribution in [0.15, 0.2) is 69.5 Å². The molecule has 2 N–H and O–H groups in total. The van der Waals surface area contributed by atoms with Crippen LogP contribution in [-0.4, -0.2) is 31.3 Å². The van der Waals surface area contributed by atoms with Crippen molar-refractivity contribution in [2.75, 3.05) is 20.3 Å². The van der Waals surface area contributed by atoms with E-state index in [1.807, 2.05) is 0 Å². The molecule has 29 heavy (non-hydrogen) atoms. The van der Waals surface area contributed by atoms with Gasteiger partial charge in [-0.2, -0.15) is 0 Å². The van der Waals surface area contributed by atoms with Gasteiger partial charge < -0.3 is 24.4 Å². The Hall–Kier alpha value is -3.65. The van der Waals surface area contributed by atoms with Gasteiger partial charge in [0.2, 0.25) is 5.88 Å². The highest BCUT2D eigenvalue weighted by molar-refractivity contribution is 5.94. The number of methoxy groups -OCH3 is 1. The van der Waals surface area contributed by atoms with E-state index in [0.29, 0.717) is 16.5 Å². The van der Waals surface area contributed by atoms with E-state index in [1.54, 1.807) is 48.8 Å². The van der Waals surface area contributed by atoms with Gasteiger partial charge in [-0.1, -0.05) is 12.1 Å². The zero-order chi connectivity index (χ0) is 20.4. The summed E-state index contributed by atoms with van der Waals surface area (Å²) in [7, 11) is 1.50. The second-order valence-corrected chi connectivity index (χ2v) is 6.35. The number of hydrogen-bond donors (Lipinski definition) is 1. The number of para-hydroxylation sites is 1. The van der Waals surface area contributed by atoms with E-state index in [9.17, 15) is 9.59 Å². The predicted octanol–water partition coefficient (Wildman–Crippen LogP) is 2.07. The number of aromatic nitrogens is 1. The van der Waals surface area contributed by atoms with E-state index in [-0.39, 0.29) is 36.0 Å². The lowest BCUT2D eigenvalue weighted by molar-refractivity contribution is -0.140. The molecule has 0 saturated carbocycles. The summed E-state index contributed by atoms with van der Waals surface area (Å²) in [6.07, 6.45) is 3.13. The normalized spacial score (nSPS) is 15.7. The molecule has 0 fully saturated rings. The Bertz CT molecular complexity index is 1150. The Morgan fingerprint density at radius 1 is 1.17 bits per heavy atom. The molecule has 3 aromatic rings. The SMILES string of the molecule is COCCOC(=O)C1=C(N)Oc2c(c(=O)oc3ccccc23)[C@H]1c1ccncc1. The van der Waals surface area contributed by atoms with E-state index < -0.39 is 17.5 Å². The molecule has 1 aliphatic rings. The minimum atomic E-state index is -0.822. The summed E-state index contributed by atoms with van der Waals surface area (Å²) in [6, 6.07) is 10.4. The molecular formula is C21H18N2O6. The van der Waals surface area contributed by atoms with Crippen molar-refractivity contribution in [1.82, 2.24) is 4.98 Å². The highest BCUT2D eigenvalue weighted by Crippen LogP contribution is 2.43. The first-order valence-electron chi connectivity index (χ1n) is 8.91. The van der Waals surface area contributed by atoms with Crippen LogP contribution in [0, 0.1) is 0 Å². The van der Waals surface area contributed by atoms with E-state index in [2.05, 4.69) is 4.98 Å². The van der Waals surface area contributed by atoms with Gasteiger partial charge >= 0.3 is 11.6 Å². The van der Waals surface area contributed by atoms with E-state index >= 15 is 0 Å². The quantitative estimate of drug-likeness (QED) is 0.397. The number of nitrogens with two attached hydrogens (primary N) is 1. The molecule has 0 unspecified atom stereocenters. The zero-order valence-corrected chi connectivity index (χ0v) is 15.6. The molecule has 3 heterocycles. The van der Waals surface area contributed by atoms with Crippen LogP contribution in [0.1, 0.15) is 17.0 Å². The maximum atomic E-state index is 12.9. The van der Waals surface area contributed by atoms with E-state index in [0.717, 1.165) is 0 Å². The molecule has 8 nitrogen and oxygen atoms in total. The fourth-order valence-corrected chi connectivity index (χ4v) is 3.35. The minimum absolute atomic E-state index is 0.0300. The van der Waals surface area contributed by atoms with Crippen LogP contribution in [0.2, 0.25) is 0 Å². The number of ether oxygens (including phenoxy) is 3. The topological polar surface area (TPSA) is 114 Å². The van der Waals surface area contributed by atoms with E-state index in [1.165, 1.54) is 7.11 Å². The van der Waals surface area contributed by atoms with Gasteiger partial charge in [0.05, 0.1) is 23.5 Å². The van der Waals surface area contributed by atoms with Crippen molar-refractivity contribution >= 4 is 16.9 Å². The largest absolute Gasteiger partial charge is 0.460 e. The highest BCUT2D eigenvalue weighted by Gasteiger charge is 2.39. The molecule has 8 heteroatoms. The Morgan fingerprint density at radius 3 is 2.69 bits per heavy atom. The van der Waals surface area contributed by atoms with Gasteiger partial charge in [-0.25, -0.2) is 9.59 Å². The Balaban J connectivity index is 1.93. The molecular weight excluding hydrogens is 376 g/mol. The number of pyridine rings is 1. The standard InChI is InChI=1S/C21H18N2O6/c1-26-10-11-27-20(24)17-15(12-6-8-23-9-7-12)16-18(29-19(17)22)13-4-2-3-5-14(13)28-21(16)25/h2-9,15H,10-11,22H2,1H3/t15-/m1/s1. The summed E-state index contributed by atoms with van der Waals surface area (Å²) < 4.78 is 21.4. The number of hydrogen-bond acceptors (Lipinski definition) is 8. The minimum Gasteiger partial charge on any atom is -0.460 e. The van der Waals surface area contributed by atoms with Crippen molar-refractivity contribution in [3.8, 4) is 5.75 Å². The predicted molar refractivity (Wildman–Crippen MR) is 103 cm³/mol. The van der Waals surface area contributed by atoms with Crippen LogP contribution in [0.3, 0.4) is 0 Å². The summed E-state index contributed by atoms with van der Waals surface area (Å²) in [5, 5.41) is 0.580. The Morgan fingerprint density at radius 2 is 1.93 bits per heavy atom. The van der Waals surface area contributed by atoms with Crippen molar-refractivity contribution in [2.45, 2.75) is 5.92 Å². The molecule has 4 rings (SSSR count). The molecule has 0 radical (unpaired) electrons. The first kappa shape index (κ1) is 18.7. The molecule has 0 amide bonds. The van der Waals surface area contributed by atoms with Gasteiger partial charge in [0.25, 0.3) is 0 Å². The second kappa shape index (κ2) is 7.76. The van der Waals surface area contributed by atoms with E-state index in [4.69, 9.17) is 24.4 Å². The van der Waals surface area contributed by atoms with Crippen molar-refractivity contribution < 1.29 is 23.4 Å². The fraction of sp³-hybridized carbons (Fsp3) is 0.190. The molecule has 148 valence electrons. The molecule has 1 aromatic carbocycles. The number of fused-ring (bicyclic) bond motifs is 3. The van der Waals surface area contributed by atoms with Gasteiger partial charge in [-0.05, 0) is 29.8 Å². The molecule has 1 aliphatic heterocycles. The van der Waals surface area contributed by atoms with Crippen molar-refractivity contribution in [3.05, 3.63) is 81.8 Å². The smallest absolute Gasteiger partial charge is 0.344 e. The maximum absolute atomic E-state index is 12.9. The highest BCUT2D eigenvalue weighted by atomic mass is 16.6. The lowest BCUT2D eigenvalue weighted by Gasteiger charge is -2.27. The average Bonchev–Trinajstić information content (AvgIpc) is 2.73. The fourth-order valence-electron chi connectivity index (χ4n) is 3.35. The van der Waals surface area contributed by atoms with Crippen LogP contribution < -0.4 is 16.1 Å². The van der Waals surface area contributed by atoms with Crippen LogP contribution in [0.5, 0.6) is 5.75 Å². The molecule has 0 spiro atoms. The third-order valence-corrected chi connectivity index (χ3v) is 4.63. The summed E-state index contributed by atoms with van der Waals surface area (Å²) in [5.41, 5.74) is 6.74. The summed E-state index contributed by atoms with van der Waals surface area (Å²) in [6.45, 7) is 0.261. The van der Waals surface area contributed by atoms with Crippen molar-refractivity contribution in [3.63, 3.8) is 0 Å². The van der Waals surface area contributed by atoms with Crippen LogP contribution in [0.25, 0.3) is 11.0 Å². The number of carbonyl (C=O) groups is 1. The lowest BCUT2D eigenvalue weighted by Crippen LogP contribution is -2.31. The number of carbonyl (C=O) groups excluding carboxylic acids is 1. The van der Waals surface area contributed by atoms with Crippen LogP contribution in [-0.2, 0) is 14.3 Å². The lowest BCUT2D eigenvalue weighted by atomic mass is 9.83. The molecule has 0 aliphatic carbocycles. The number of nitrogens with zero attached hydrogens (tertiary/aromatic N) is 1. The Kier molecular flexibility index (Phi) is 5.01. The van der Waals surface area contributed by atoms with Gasteiger partial charge in [0.1, 0.15) is 17.8 Å². The summed E-state index contributed by atoms with van der Waals surface area (Å²) in [5.74, 6) is -1.38. The second-order valence-electron chi connectivity index (χ2n) is 6.35. The summed E-state index contributed by atoms with van der Waals surface area (Å²) in [4.78, 5) is 29.7. The number of benzene rings is 1. The zero-order valence-electron chi connectivity index (χ0n) is 15.6. The monoisotopic (exact) mass is 394 g/mol. The average molecular weight is 394 g/mol. The third kappa shape index (κ3) is 3.34. The van der Waals surface area contributed by atoms with Gasteiger partial charge in [0, 0.05) is 19.5 Å². The number of esters is 1. The first-order chi connectivity index (χ1) is 14.1. The van der Waals surface area contributed by atoms with Gasteiger partial charge in [0.15, 0.2) is 5.75 Å². The van der Waals surface area contributed by atoms with Crippen molar-refractivity contribution in [1.29, 1.82) is 0 Å². The molecule has 0 bridgehead atoms. The van der Waals surface area contributed by atoms with Gasteiger partial charge in [-0.3, -0.25) is 4.98 Å². The van der Waals surface area contributed by atoms with Crippen molar-refractivity contribution in [2.24, 2.45) is 5.73 Å².